The van der Waals surface area contributed by atoms with E-state index in [0.717, 1.165) is 5.69 Å². The lowest BCUT2D eigenvalue weighted by Crippen LogP contribution is -2.25. The minimum Gasteiger partial charge on any atom is -0.351 e. The minimum absolute atomic E-state index is 0.0717. The van der Waals surface area contributed by atoms with Gasteiger partial charge in [0.25, 0.3) is 0 Å². The van der Waals surface area contributed by atoms with Crippen LogP contribution in [-0.2, 0) is 0 Å². The summed E-state index contributed by atoms with van der Waals surface area (Å²) < 4.78 is 0. The quantitative estimate of drug-likeness (QED) is 0.603. The molecule has 2 aromatic rings. The molecule has 0 aliphatic heterocycles. The van der Waals surface area contributed by atoms with Crippen molar-refractivity contribution in [1.82, 2.24) is 9.97 Å². The first-order valence-electron chi connectivity index (χ1n) is 7.13. The second kappa shape index (κ2) is 6.84. The van der Waals surface area contributed by atoms with Crippen LogP contribution in [0.1, 0.15) is 13.8 Å². The Morgan fingerprint density at radius 1 is 1.09 bits per heavy atom. The fraction of sp³-hybridized carbons (Fsp3) is 0.333. The van der Waals surface area contributed by atoms with E-state index in [2.05, 4.69) is 9.97 Å². The molecule has 0 unspecified atom stereocenters. The summed E-state index contributed by atoms with van der Waals surface area (Å²) in [7, 11) is 1.76. The molecule has 0 N–H and O–H groups in total. The van der Waals surface area contributed by atoms with E-state index < -0.39 is 4.92 Å². The molecule has 0 radical (unpaired) electrons. The summed E-state index contributed by atoms with van der Waals surface area (Å²) >= 11 is 0. The SMILES string of the molecule is CCN(CC)c1ncnc(N(C)c2ccccc2)c1[N+](=O)[O-]. The highest BCUT2D eigenvalue weighted by Crippen LogP contribution is 2.36. The normalized spacial score (nSPS) is 10.3. The van der Waals surface area contributed by atoms with Crippen molar-refractivity contribution in [1.29, 1.82) is 0 Å². The van der Waals surface area contributed by atoms with Gasteiger partial charge in [-0.3, -0.25) is 10.1 Å². The molecule has 0 spiro atoms. The molecule has 116 valence electrons. The maximum absolute atomic E-state index is 11.6. The van der Waals surface area contributed by atoms with Crippen molar-refractivity contribution in [3.8, 4) is 0 Å². The van der Waals surface area contributed by atoms with Gasteiger partial charge in [0.1, 0.15) is 6.33 Å². The summed E-state index contributed by atoms with van der Waals surface area (Å²) in [5, 5.41) is 11.6. The van der Waals surface area contributed by atoms with Gasteiger partial charge in [-0.15, -0.1) is 0 Å². The average Bonchev–Trinajstić information content (AvgIpc) is 2.55. The molecule has 0 bridgehead atoms. The van der Waals surface area contributed by atoms with Crippen molar-refractivity contribution in [2.45, 2.75) is 13.8 Å². The number of benzene rings is 1. The number of para-hydroxylation sites is 1. The van der Waals surface area contributed by atoms with E-state index >= 15 is 0 Å². The second-order valence-corrected chi connectivity index (χ2v) is 4.69. The first-order chi connectivity index (χ1) is 10.6. The summed E-state index contributed by atoms with van der Waals surface area (Å²) in [6.45, 7) is 5.16. The van der Waals surface area contributed by atoms with E-state index in [-0.39, 0.29) is 11.5 Å². The van der Waals surface area contributed by atoms with Crippen LogP contribution in [0.15, 0.2) is 36.7 Å². The molecule has 1 aromatic carbocycles. The summed E-state index contributed by atoms with van der Waals surface area (Å²) in [5.74, 6) is 0.635. The molecular weight excluding hydrogens is 282 g/mol. The van der Waals surface area contributed by atoms with Crippen LogP contribution in [0.25, 0.3) is 0 Å². The highest BCUT2D eigenvalue weighted by Gasteiger charge is 2.28. The zero-order chi connectivity index (χ0) is 16.1. The molecule has 1 heterocycles. The number of rotatable bonds is 6. The molecule has 0 saturated carbocycles. The maximum atomic E-state index is 11.6. The Kier molecular flexibility index (Phi) is 4.88. The monoisotopic (exact) mass is 301 g/mol. The number of hydrogen-bond acceptors (Lipinski definition) is 6. The molecule has 0 aliphatic rings. The molecule has 0 fully saturated rings. The van der Waals surface area contributed by atoms with Crippen LogP contribution in [0.4, 0.5) is 23.0 Å². The van der Waals surface area contributed by atoms with Gasteiger partial charge in [0.15, 0.2) is 0 Å². The van der Waals surface area contributed by atoms with Crippen LogP contribution >= 0.6 is 0 Å². The van der Waals surface area contributed by atoms with Crippen molar-refractivity contribution in [2.24, 2.45) is 0 Å². The molecule has 7 heteroatoms. The second-order valence-electron chi connectivity index (χ2n) is 4.69. The van der Waals surface area contributed by atoms with Crippen molar-refractivity contribution >= 4 is 23.0 Å². The minimum atomic E-state index is -0.414. The van der Waals surface area contributed by atoms with E-state index in [1.807, 2.05) is 49.1 Å². The van der Waals surface area contributed by atoms with Gasteiger partial charge in [0.2, 0.25) is 11.6 Å². The molecule has 1 aromatic heterocycles. The average molecular weight is 301 g/mol. The lowest BCUT2D eigenvalue weighted by atomic mass is 10.3. The van der Waals surface area contributed by atoms with Crippen LogP contribution in [0.5, 0.6) is 0 Å². The number of aromatic nitrogens is 2. The zero-order valence-corrected chi connectivity index (χ0v) is 12.9. The molecule has 0 aliphatic carbocycles. The molecule has 22 heavy (non-hydrogen) atoms. The smallest absolute Gasteiger partial charge is 0.351 e. The standard InChI is InChI=1S/C15H19N5O2/c1-4-19(5-2)15-13(20(21)22)14(16-11-17-15)18(3)12-9-7-6-8-10-12/h6-11H,4-5H2,1-3H3. The summed E-state index contributed by atoms with van der Waals surface area (Å²) in [4.78, 5) is 23.0. The largest absolute Gasteiger partial charge is 0.353 e. The Hall–Kier alpha value is -2.70. The van der Waals surface area contributed by atoms with Crippen LogP contribution in [0.3, 0.4) is 0 Å². The first kappa shape index (κ1) is 15.7. The van der Waals surface area contributed by atoms with Crippen LogP contribution in [-0.4, -0.2) is 35.0 Å². The fourth-order valence-electron chi connectivity index (χ4n) is 2.30. The van der Waals surface area contributed by atoms with Gasteiger partial charge in [-0.1, -0.05) is 18.2 Å². The van der Waals surface area contributed by atoms with Crippen LogP contribution in [0.2, 0.25) is 0 Å². The Morgan fingerprint density at radius 3 is 2.23 bits per heavy atom. The third-order valence-corrected chi connectivity index (χ3v) is 3.49. The van der Waals surface area contributed by atoms with Gasteiger partial charge in [0, 0.05) is 25.8 Å². The Balaban J connectivity index is 2.56. The maximum Gasteiger partial charge on any atom is 0.353 e. The fourth-order valence-corrected chi connectivity index (χ4v) is 2.30. The lowest BCUT2D eigenvalue weighted by Gasteiger charge is -2.23. The Bertz CT molecular complexity index is 644. The Morgan fingerprint density at radius 2 is 1.68 bits per heavy atom. The van der Waals surface area contributed by atoms with Crippen molar-refractivity contribution < 1.29 is 4.92 Å². The summed E-state index contributed by atoms with van der Waals surface area (Å²) in [5.41, 5.74) is 0.757. The van der Waals surface area contributed by atoms with Gasteiger partial charge < -0.3 is 9.80 Å². The molecular formula is C15H19N5O2. The summed E-state index contributed by atoms with van der Waals surface area (Å²) in [6, 6.07) is 9.41. The molecule has 2 rings (SSSR count). The van der Waals surface area contributed by atoms with Crippen molar-refractivity contribution in [3.05, 3.63) is 46.8 Å². The van der Waals surface area contributed by atoms with Crippen LogP contribution < -0.4 is 9.80 Å². The first-order valence-corrected chi connectivity index (χ1v) is 7.13. The van der Waals surface area contributed by atoms with E-state index in [1.54, 1.807) is 11.9 Å². The molecule has 0 atom stereocenters. The number of hydrogen-bond donors (Lipinski definition) is 0. The van der Waals surface area contributed by atoms with Gasteiger partial charge in [-0.2, -0.15) is 0 Å². The van der Waals surface area contributed by atoms with Gasteiger partial charge >= 0.3 is 5.69 Å². The number of anilines is 3. The lowest BCUT2D eigenvalue weighted by molar-refractivity contribution is -0.383. The van der Waals surface area contributed by atoms with Crippen molar-refractivity contribution in [2.75, 3.05) is 29.9 Å². The van der Waals surface area contributed by atoms with E-state index in [4.69, 9.17) is 0 Å². The van der Waals surface area contributed by atoms with E-state index in [1.165, 1.54) is 6.33 Å². The highest BCUT2D eigenvalue weighted by atomic mass is 16.6. The van der Waals surface area contributed by atoms with Gasteiger partial charge in [0.05, 0.1) is 4.92 Å². The zero-order valence-electron chi connectivity index (χ0n) is 12.9. The molecule has 0 saturated heterocycles. The highest BCUT2D eigenvalue weighted by molar-refractivity contribution is 5.75. The van der Waals surface area contributed by atoms with Crippen molar-refractivity contribution in [3.63, 3.8) is 0 Å². The van der Waals surface area contributed by atoms with Crippen LogP contribution in [0, 0.1) is 10.1 Å². The van der Waals surface area contributed by atoms with E-state index in [0.29, 0.717) is 18.9 Å². The summed E-state index contributed by atoms with van der Waals surface area (Å²) in [6.07, 6.45) is 1.37. The number of nitro groups is 1. The third kappa shape index (κ3) is 2.98. The predicted octanol–water partition coefficient (Wildman–Crippen LogP) is 3.00. The predicted molar refractivity (Wildman–Crippen MR) is 86.8 cm³/mol. The van der Waals surface area contributed by atoms with Gasteiger partial charge in [-0.25, -0.2) is 9.97 Å². The van der Waals surface area contributed by atoms with E-state index in [9.17, 15) is 10.1 Å². The molecule has 7 nitrogen and oxygen atoms in total. The topological polar surface area (TPSA) is 75.4 Å². The molecule has 0 amide bonds. The Labute approximate surface area is 129 Å². The van der Waals surface area contributed by atoms with Gasteiger partial charge in [-0.05, 0) is 26.0 Å². The third-order valence-electron chi connectivity index (χ3n) is 3.49. The number of nitrogens with zero attached hydrogens (tertiary/aromatic N) is 5.